The third kappa shape index (κ3) is 739000. The first-order chi connectivity index (χ1) is 10.3. The Kier molecular flexibility index (Phi) is 70.5. The third-order valence-electron chi connectivity index (χ3n) is 0.167. The predicted octanol–water partition coefficient (Wildman–Crippen LogP) is 0.644. The van der Waals surface area contributed by atoms with Crippen molar-refractivity contribution in [2.75, 3.05) is 13.1 Å². The standard InChI is InChI=1S/C2H8N2.4C2H4O2.2ClH.Cu/c3-1-2-4;4*1-2(3)4;;;/h1-4H2;4*1H3,(H,3,4);2*1H;/q;;;;;;;+2/p-2. The van der Waals surface area contributed by atoms with Gasteiger partial charge in [-0.15, -0.1) is 0 Å². The molecule has 13 heteroatoms. The maximum atomic E-state index is 9.00. The zero-order valence-corrected chi connectivity index (χ0v) is 15.5. The molecule has 0 fully saturated rings. The van der Waals surface area contributed by atoms with Crippen LogP contribution in [0.5, 0.6) is 0 Å². The van der Waals surface area contributed by atoms with Gasteiger partial charge in [-0.1, -0.05) is 0 Å². The molecule has 0 atom stereocenters. The summed E-state index contributed by atoms with van der Waals surface area (Å²) < 4.78 is 0. The molecule has 0 aromatic rings. The number of halogens is 2. The van der Waals surface area contributed by atoms with Crippen LogP contribution in [0.1, 0.15) is 27.7 Å². The van der Waals surface area contributed by atoms with Crippen LogP contribution < -0.4 is 11.5 Å². The van der Waals surface area contributed by atoms with Gasteiger partial charge in [-0.2, -0.15) is 0 Å². The van der Waals surface area contributed by atoms with Crippen molar-refractivity contribution in [3.05, 3.63) is 0 Å². The first-order valence-corrected chi connectivity index (χ1v) is 7.85. The molecule has 0 bridgehead atoms. The molecule has 0 spiro atoms. The molecule has 0 heterocycles. The van der Waals surface area contributed by atoms with E-state index in [2.05, 4.69) is 20.2 Å². The van der Waals surface area contributed by atoms with Gasteiger partial charge in [0.05, 0.1) is 0 Å². The molecule has 0 radical (unpaired) electrons. The molecular weight excluding hydrogens is 411 g/mol. The summed E-state index contributed by atoms with van der Waals surface area (Å²) in [5.41, 5.74) is 9.81. The van der Waals surface area contributed by atoms with Crippen LogP contribution in [0.25, 0.3) is 0 Å². The summed E-state index contributed by atoms with van der Waals surface area (Å²) in [6, 6.07) is 0. The van der Waals surface area contributed by atoms with Crippen LogP contribution in [0.15, 0.2) is 0 Å². The van der Waals surface area contributed by atoms with Gasteiger partial charge in [0.1, 0.15) is 0 Å². The zero-order valence-electron chi connectivity index (χ0n) is 13.0. The fourth-order valence-electron chi connectivity index (χ4n) is 0. The quantitative estimate of drug-likeness (QED) is 0.318. The van der Waals surface area contributed by atoms with Crippen LogP contribution >= 0.6 is 20.2 Å². The Balaban J connectivity index is -0.0000000378. The van der Waals surface area contributed by atoms with E-state index in [0.717, 1.165) is 40.8 Å². The Bertz CT molecular complexity index is 218. The zero-order chi connectivity index (χ0) is 20.4. The monoisotopic (exact) mass is 433 g/mol. The van der Waals surface area contributed by atoms with Crippen molar-refractivity contribution in [1.82, 2.24) is 0 Å². The number of carboxylic acids is 4. The first kappa shape index (κ1) is 37.8. The predicted molar refractivity (Wildman–Crippen MR) is 83.1 cm³/mol. The third-order valence-corrected chi connectivity index (χ3v) is 0.167. The molecule has 0 rings (SSSR count). The van der Waals surface area contributed by atoms with Gasteiger partial charge in [0.25, 0.3) is 23.9 Å². The van der Waals surface area contributed by atoms with E-state index < -0.39 is 23.9 Å². The van der Waals surface area contributed by atoms with Gasteiger partial charge in [-0.25, -0.2) is 0 Å². The maximum absolute atomic E-state index is 9.00. The number of carboxylic acid groups (broad SMARTS) is 4. The van der Waals surface area contributed by atoms with Crippen LogP contribution in [-0.4, -0.2) is 57.4 Å². The van der Waals surface area contributed by atoms with Crippen molar-refractivity contribution in [3.8, 4) is 0 Å². The van der Waals surface area contributed by atoms with Crippen LogP contribution in [0.4, 0.5) is 0 Å². The van der Waals surface area contributed by atoms with Crippen LogP contribution in [0.3, 0.4) is 0 Å². The summed E-state index contributed by atoms with van der Waals surface area (Å²) in [5, 5.41) is 29.7. The molecular formula is C10H24Cl2CuN2O8. The number of carbonyl (C=O) groups is 4. The summed E-state index contributed by atoms with van der Waals surface area (Å²) >= 11 is 0.757. The Morgan fingerprint density at radius 3 is 0.739 bits per heavy atom. The van der Waals surface area contributed by atoms with Crippen molar-refractivity contribution in [2.24, 2.45) is 11.5 Å². The molecule has 23 heavy (non-hydrogen) atoms. The Morgan fingerprint density at radius 1 is 0.696 bits per heavy atom. The van der Waals surface area contributed by atoms with Crippen LogP contribution in [-0.2, 0) is 32.3 Å². The summed E-state index contributed by atoms with van der Waals surface area (Å²) in [6.07, 6.45) is 0. The van der Waals surface area contributed by atoms with Gasteiger partial charge in [0.2, 0.25) is 0 Å². The van der Waals surface area contributed by atoms with Crippen LogP contribution in [0.2, 0.25) is 0 Å². The number of nitrogens with two attached hydrogens (primary N) is 2. The topological polar surface area (TPSA) is 201 Å². The number of hydrogen-bond donors (Lipinski definition) is 6. The van der Waals surface area contributed by atoms with Gasteiger partial charge in [0, 0.05) is 40.8 Å². The second-order valence-electron chi connectivity index (χ2n) is 2.70. The summed E-state index contributed by atoms with van der Waals surface area (Å²) in [5.74, 6) is -3.33. The Morgan fingerprint density at radius 2 is 0.739 bits per heavy atom. The normalized spacial score (nSPS) is 6.61. The van der Waals surface area contributed by atoms with Crippen LogP contribution in [0, 0.1) is 0 Å². The van der Waals surface area contributed by atoms with Gasteiger partial charge < -0.3 is 31.9 Å². The molecule has 0 aromatic heterocycles. The van der Waals surface area contributed by atoms with E-state index in [4.69, 9.17) is 51.1 Å². The van der Waals surface area contributed by atoms with Crippen molar-refractivity contribution < 1.29 is 52.7 Å². The van der Waals surface area contributed by atoms with E-state index in [1.54, 1.807) is 0 Å². The molecule has 0 saturated heterocycles. The van der Waals surface area contributed by atoms with Crippen molar-refractivity contribution in [2.45, 2.75) is 27.7 Å². The summed E-state index contributed by atoms with van der Waals surface area (Å²) in [6.45, 7) is 5.53. The first-order valence-electron chi connectivity index (χ1n) is 5.26. The van der Waals surface area contributed by atoms with Crippen molar-refractivity contribution >= 4 is 44.1 Å². The molecule has 0 saturated carbocycles. The van der Waals surface area contributed by atoms with Crippen molar-refractivity contribution in [3.63, 3.8) is 0 Å². The Hall–Kier alpha value is -1.10. The van der Waals surface area contributed by atoms with Gasteiger partial charge in [0.15, 0.2) is 0 Å². The molecule has 0 aliphatic heterocycles. The van der Waals surface area contributed by atoms with Gasteiger partial charge >= 0.3 is 33.3 Å². The second kappa shape index (κ2) is 42.8. The number of rotatable bonds is 1. The van der Waals surface area contributed by atoms with Gasteiger partial charge in [-0.05, 0) is 0 Å². The minimum absolute atomic E-state index is 0.597. The van der Waals surface area contributed by atoms with E-state index in [1.165, 1.54) is 0 Å². The van der Waals surface area contributed by atoms with E-state index in [0.29, 0.717) is 13.1 Å². The molecule has 0 aliphatic carbocycles. The molecule has 0 aromatic carbocycles. The number of hydrogen-bond acceptors (Lipinski definition) is 6. The molecule has 10 nitrogen and oxygen atoms in total. The molecule has 147 valence electrons. The fourth-order valence-corrected chi connectivity index (χ4v) is 0. The summed E-state index contributed by atoms with van der Waals surface area (Å²) in [4.78, 5) is 36.0. The number of aliphatic carboxylic acids is 4. The average molecular weight is 435 g/mol. The van der Waals surface area contributed by atoms with E-state index in [9.17, 15) is 0 Å². The summed E-state index contributed by atoms with van der Waals surface area (Å²) in [7, 11) is 9.34. The molecule has 0 amide bonds. The Labute approximate surface area is 149 Å². The van der Waals surface area contributed by atoms with Gasteiger partial charge in [-0.3, -0.25) is 19.2 Å². The molecule has 0 unspecified atom stereocenters. The second-order valence-corrected chi connectivity index (χ2v) is 4.25. The SMILES string of the molecule is CC(=O)O.CC(=O)O.CC(=O)O.CC(=O)O.NCCN.[Cl][Cu][Cl]. The van der Waals surface area contributed by atoms with E-state index in [1.807, 2.05) is 0 Å². The van der Waals surface area contributed by atoms with Crippen molar-refractivity contribution in [1.29, 1.82) is 0 Å². The van der Waals surface area contributed by atoms with E-state index in [-0.39, 0.29) is 0 Å². The molecule has 0 aliphatic rings. The molecule has 8 N–H and O–H groups in total. The van der Waals surface area contributed by atoms with E-state index >= 15 is 0 Å². The fraction of sp³-hybridized carbons (Fsp3) is 0.600. The average Bonchev–Trinajstić information content (AvgIpc) is 2.26. The minimum atomic E-state index is -0.833.